The number of aromatic nitrogens is 2. The Kier molecular flexibility index (Phi) is 8.56. The Bertz CT molecular complexity index is 948. The van der Waals surface area contributed by atoms with Crippen molar-refractivity contribution in [2.75, 3.05) is 37.6 Å². The Morgan fingerprint density at radius 3 is 2.48 bits per heavy atom. The van der Waals surface area contributed by atoms with Crippen molar-refractivity contribution < 1.29 is 9.90 Å². The Labute approximate surface area is 207 Å². The lowest BCUT2D eigenvalue weighted by atomic mass is 9.96. The molecule has 1 amide bonds. The molecular formula is C24H33Cl2N5O2. The largest absolute Gasteiger partial charge is 0.387 e. The third kappa shape index (κ3) is 5.60. The molecule has 2 heterocycles. The van der Waals surface area contributed by atoms with Crippen LogP contribution in [0.5, 0.6) is 0 Å². The summed E-state index contributed by atoms with van der Waals surface area (Å²) in [5.74, 6) is 1.02. The van der Waals surface area contributed by atoms with E-state index in [1.807, 2.05) is 29.2 Å². The lowest BCUT2D eigenvalue weighted by Crippen LogP contribution is -2.51. The van der Waals surface area contributed by atoms with Gasteiger partial charge in [0.1, 0.15) is 12.1 Å². The van der Waals surface area contributed by atoms with E-state index in [0.29, 0.717) is 50.2 Å². The number of piperazine rings is 1. The molecule has 0 radical (unpaired) electrons. The number of amides is 1. The fourth-order valence-electron chi connectivity index (χ4n) is 4.71. The van der Waals surface area contributed by atoms with Crippen molar-refractivity contribution in [1.29, 1.82) is 0 Å². The minimum atomic E-state index is -0.516. The van der Waals surface area contributed by atoms with Crippen LogP contribution < -0.4 is 10.2 Å². The molecule has 1 fully saturated rings. The fourth-order valence-corrected chi connectivity index (χ4v) is 4.84. The first-order valence-corrected chi connectivity index (χ1v) is 11.8. The monoisotopic (exact) mass is 493 g/mol. The molecule has 180 valence electrons. The van der Waals surface area contributed by atoms with Crippen LogP contribution in [0.1, 0.15) is 62.0 Å². The number of aliphatic hydroxyl groups is 1. The van der Waals surface area contributed by atoms with Gasteiger partial charge in [0, 0.05) is 49.4 Å². The predicted octanol–water partition coefficient (Wildman–Crippen LogP) is 3.52. The molecule has 3 atom stereocenters. The van der Waals surface area contributed by atoms with E-state index in [0.717, 1.165) is 22.6 Å². The van der Waals surface area contributed by atoms with Crippen molar-refractivity contribution in [1.82, 2.24) is 20.2 Å². The number of carbonyl (C=O) groups is 1. The SMILES string of the molecule is CC(C)NCC(C(=O)N1CCN(c2ncnc3c2C(C)C[C@H]3O)CC1)c1ccc(Cl)cc1.Cl. The third-order valence-corrected chi connectivity index (χ3v) is 6.72. The zero-order valence-corrected chi connectivity index (χ0v) is 20.9. The zero-order valence-electron chi connectivity index (χ0n) is 19.4. The van der Waals surface area contributed by atoms with Crippen molar-refractivity contribution in [3.05, 3.63) is 52.4 Å². The summed E-state index contributed by atoms with van der Waals surface area (Å²) in [6.07, 6.45) is 1.71. The Morgan fingerprint density at radius 2 is 1.85 bits per heavy atom. The van der Waals surface area contributed by atoms with Crippen LogP contribution in [0.25, 0.3) is 0 Å². The highest BCUT2D eigenvalue weighted by atomic mass is 35.5. The number of carbonyl (C=O) groups excluding carboxylic acids is 1. The first-order valence-electron chi connectivity index (χ1n) is 11.4. The number of rotatable bonds is 6. The van der Waals surface area contributed by atoms with Crippen LogP contribution >= 0.6 is 24.0 Å². The fraction of sp³-hybridized carbons (Fsp3) is 0.542. The van der Waals surface area contributed by atoms with Crippen molar-refractivity contribution in [3.63, 3.8) is 0 Å². The van der Waals surface area contributed by atoms with Gasteiger partial charge in [0.2, 0.25) is 5.91 Å². The Morgan fingerprint density at radius 1 is 1.18 bits per heavy atom. The summed E-state index contributed by atoms with van der Waals surface area (Å²) in [6.45, 7) is 9.57. The molecule has 0 spiro atoms. The molecule has 0 bridgehead atoms. The predicted molar refractivity (Wildman–Crippen MR) is 133 cm³/mol. The highest BCUT2D eigenvalue weighted by Crippen LogP contribution is 2.42. The summed E-state index contributed by atoms with van der Waals surface area (Å²) < 4.78 is 0. The lowest BCUT2D eigenvalue weighted by molar-refractivity contribution is -0.133. The maximum absolute atomic E-state index is 13.5. The van der Waals surface area contributed by atoms with Gasteiger partial charge in [0.15, 0.2) is 0 Å². The number of nitrogens with zero attached hydrogens (tertiary/aromatic N) is 4. The summed E-state index contributed by atoms with van der Waals surface area (Å²) >= 11 is 6.06. The molecule has 9 heteroatoms. The molecule has 2 aromatic rings. The quantitative estimate of drug-likeness (QED) is 0.640. The molecule has 2 unspecified atom stereocenters. The van der Waals surface area contributed by atoms with Gasteiger partial charge in [0.25, 0.3) is 0 Å². The van der Waals surface area contributed by atoms with E-state index in [2.05, 4.69) is 41.0 Å². The first kappa shape index (κ1) is 25.7. The molecular weight excluding hydrogens is 461 g/mol. The summed E-state index contributed by atoms with van der Waals surface area (Å²) in [4.78, 5) is 26.5. The lowest BCUT2D eigenvalue weighted by Gasteiger charge is -2.38. The van der Waals surface area contributed by atoms with Gasteiger partial charge in [-0.25, -0.2) is 9.97 Å². The minimum Gasteiger partial charge on any atom is -0.387 e. The van der Waals surface area contributed by atoms with Crippen molar-refractivity contribution in [2.45, 2.75) is 51.2 Å². The number of hydrogen-bond donors (Lipinski definition) is 2. The summed E-state index contributed by atoms with van der Waals surface area (Å²) in [5, 5.41) is 14.4. The molecule has 4 rings (SSSR count). The topological polar surface area (TPSA) is 81.6 Å². The molecule has 1 saturated heterocycles. The number of aliphatic hydroxyl groups excluding tert-OH is 1. The molecule has 1 aromatic carbocycles. The van der Waals surface area contributed by atoms with Gasteiger partial charge in [-0.15, -0.1) is 12.4 Å². The van der Waals surface area contributed by atoms with Gasteiger partial charge in [-0.3, -0.25) is 4.79 Å². The van der Waals surface area contributed by atoms with Crippen molar-refractivity contribution in [2.24, 2.45) is 0 Å². The van der Waals surface area contributed by atoms with Crippen LogP contribution in [0.15, 0.2) is 30.6 Å². The highest BCUT2D eigenvalue weighted by Gasteiger charge is 2.35. The highest BCUT2D eigenvalue weighted by molar-refractivity contribution is 6.30. The molecule has 1 aromatic heterocycles. The van der Waals surface area contributed by atoms with Crippen LogP contribution in [0.3, 0.4) is 0 Å². The molecule has 33 heavy (non-hydrogen) atoms. The summed E-state index contributed by atoms with van der Waals surface area (Å²) in [5.41, 5.74) is 2.79. The van der Waals surface area contributed by atoms with Gasteiger partial charge < -0.3 is 20.2 Å². The second kappa shape index (κ2) is 11.0. The average Bonchev–Trinajstić information content (AvgIpc) is 3.08. The molecule has 1 aliphatic heterocycles. The minimum absolute atomic E-state index is 0. The van der Waals surface area contributed by atoms with E-state index in [-0.39, 0.29) is 30.2 Å². The zero-order chi connectivity index (χ0) is 22.8. The third-order valence-electron chi connectivity index (χ3n) is 6.47. The Hall–Kier alpha value is -1.93. The van der Waals surface area contributed by atoms with Crippen molar-refractivity contribution in [3.8, 4) is 0 Å². The van der Waals surface area contributed by atoms with Crippen LogP contribution in [-0.2, 0) is 4.79 Å². The smallest absolute Gasteiger partial charge is 0.231 e. The number of halogens is 2. The van der Waals surface area contributed by atoms with Crippen LogP contribution in [0, 0.1) is 0 Å². The number of hydrogen-bond acceptors (Lipinski definition) is 6. The number of nitrogens with one attached hydrogen (secondary N) is 1. The maximum atomic E-state index is 13.5. The van der Waals surface area contributed by atoms with Gasteiger partial charge in [-0.05, 0) is 30.0 Å². The first-order chi connectivity index (χ1) is 15.3. The normalized spacial score (nSPS) is 21.0. The summed E-state index contributed by atoms with van der Waals surface area (Å²) in [6, 6.07) is 7.87. The number of benzene rings is 1. The van der Waals surface area contributed by atoms with E-state index >= 15 is 0 Å². The van der Waals surface area contributed by atoms with E-state index in [1.165, 1.54) is 0 Å². The maximum Gasteiger partial charge on any atom is 0.231 e. The molecule has 2 N–H and O–H groups in total. The standard InChI is InChI=1S/C24H32ClN5O2.ClH/c1-15(2)26-13-19(17-4-6-18(25)7-5-17)24(32)30-10-8-29(9-11-30)23-21-16(3)12-20(31)22(21)27-14-28-23;/h4-7,14-16,19-20,26,31H,8-13H2,1-3H3;1H/t16?,19?,20-;/m1./s1. The summed E-state index contributed by atoms with van der Waals surface area (Å²) in [7, 11) is 0. The van der Waals surface area contributed by atoms with Gasteiger partial charge in [-0.1, -0.05) is 44.5 Å². The molecule has 1 aliphatic carbocycles. The average molecular weight is 494 g/mol. The van der Waals surface area contributed by atoms with Gasteiger partial charge in [0.05, 0.1) is 17.7 Å². The van der Waals surface area contributed by atoms with Crippen LogP contribution in [-0.4, -0.2) is 64.6 Å². The van der Waals surface area contributed by atoms with Gasteiger partial charge in [-0.2, -0.15) is 0 Å². The number of fused-ring (bicyclic) bond motifs is 1. The number of anilines is 1. The molecule has 2 aliphatic rings. The van der Waals surface area contributed by atoms with Crippen molar-refractivity contribution >= 4 is 35.7 Å². The molecule has 0 saturated carbocycles. The second-order valence-corrected chi connectivity index (χ2v) is 9.56. The van der Waals surface area contributed by atoms with E-state index in [4.69, 9.17) is 11.6 Å². The van der Waals surface area contributed by atoms with E-state index < -0.39 is 6.10 Å². The van der Waals surface area contributed by atoms with Crippen LogP contribution in [0.2, 0.25) is 5.02 Å². The van der Waals surface area contributed by atoms with E-state index in [1.54, 1.807) is 6.33 Å². The van der Waals surface area contributed by atoms with E-state index in [9.17, 15) is 9.90 Å². The second-order valence-electron chi connectivity index (χ2n) is 9.13. The Balaban J connectivity index is 0.00000306. The van der Waals surface area contributed by atoms with Gasteiger partial charge >= 0.3 is 0 Å². The van der Waals surface area contributed by atoms with Crippen LogP contribution in [0.4, 0.5) is 5.82 Å². The molecule has 7 nitrogen and oxygen atoms in total.